The van der Waals surface area contributed by atoms with Gasteiger partial charge >= 0.3 is 11.9 Å². The van der Waals surface area contributed by atoms with Crippen LogP contribution >= 0.6 is 7.26 Å². The van der Waals surface area contributed by atoms with Crippen molar-refractivity contribution in [2.45, 2.75) is 6.04 Å². The van der Waals surface area contributed by atoms with E-state index in [1.54, 1.807) is 18.2 Å². The van der Waals surface area contributed by atoms with Gasteiger partial charge in [-0.3, -0.25) is 14.5 Å². The number of carbonyl (C=O) groups is 3. The number of anilines is 1. The summed E-state index contributed by atoms with van der Waals surface area (Å²) in [4.78, 5) is 41.6. The van der Waals surface area contributed by atoms with E-state index in [4.69, 9.17) is 9.47 Å². The zero-order valence-electron chi connectivity index (χ0n) is 21.9. The van der Waals surface area contributed by atoms with Gasteiger partial charge in [0, 0.05) is 0 Å². The molecule has 40 heavy (non-hydrogen) atoms. The molecule has 0 fully saturated rings. The van der Waals surface area contributed by atoms with E-state index < -0.39 is 36.9 Å². The molecule has 1 amide bonds. The van der Waals surface area contributed by atoms with Gasteiger partial charge in [0.2, 0.25) is 0 Å². The number of carbonyl (C=O) groups excluding carboxylic acids is 3. The number of fused-ring (bicyclic) bond motifs is 1. The summed E-state index contributed by atoms with van der Waals surface area (Å²) in [6.45, 7) is 0. The fourth-order valence-corrected chi connectivity index (χ4v) is 9.81. The molecule has 1 aliphatic rings. The molecule has 0 N–H and O–H groups in total. The lowest BCUT2D eigenvalue weighted by atomic mass is 10.1. The van der Waals surface area contributed by atoms with Gasteiger partial charge in [0.05, 0.1) is 24.3 Å². The highest BCUT2D eigenvalue weighted by Gasteiger charge is 2.58. The van der Waals surface area contributed by atoms with Crippen LogP contribution in [0.15, 0.2) is 127 Å². The minimum absolute atomic E-state index is 0.0169. The molecular weight excluding hydrogens is 525 g/mol. The first-order valence-electron chi connectivity index (χ1n) is 12.5. The lowest BCUT2D eigenvalue weighted by molar-refractivity contribution is -0.354. The molecule has 0 unspecified atom stereocenters. The van der Waals surface area contributed by atoms with Crippen molar-refractivity contribution in [1.29, 1.82) is 0 Å². The SMILES string of the molecule is COC(=O)[C@H](/C(=C(\[O-])OC)[P+](c1ccccc1)(c1ccccc1)c1ccccc1)N1C(=O)C(=O)c2ccccc21. The van der Waals surface area contributed by atoms with Crippen molar-refractivity contribution in [3.63, 3.8) is 0 Å². The summed E-state index contributed by atoms with van der Waals surface area (Å²) in [5, 5.41) is 16.4. The number of hydrogen-bond donors (Lipinski definition) is 0. The van der Waals surface area contributed by atoms with Gasteiger partial charge in [-0.05, 0) is 55.6 Å². The van der Waals surface area contributed by atoms with E-state index >= 15 is 0 Å². The van der Waals surface area contributed by atoms with Gasteiger partial charge in [-0.1, -0.05) is 66.7 Å². The lowest BCUT2D eigenvalue weighted by Gasteiger charge is -2.37. The number of amides is 1. The van der Waals surface area contributed by atoms with E-state index in [0.717, 1.165) is 20.8 Å². The average molecular weight is 552 g/mol. The number of esters is 1. The fourth-order valence-electron chi connectivity index (χ4n) is 5.27. The molecule has 0 radical (unpaired) electrons. The van der Waals surface area contributed by atoms with Crippen molar-refractivity contribution in [2.24, 2.45) is 0 Å². The zero-order valence-corrected chi connectivity index (χ0v) is 22.8. The maximum absolute atomic E-state index is 14.1. The highest BCUT2D eigenvalue weighted by Crippen LogP contribution is 2.65. The van der Waals surface area contributed by atoms with Crippen LogP contribution in [0.5, 0.6) is 0 Å². The maximum atomic E-state index is 14.1. The number of nitrogens with zero attached hydrogens (tertiary/aromatic N) is 1. The van der Waals surface area contributed by atoms with Gasteiger partial charge < -0.3 is 14.6 Å². The summed E-state index contributed by atoms with van der Waals surface area (Å²) >= 11 is 0. The minimum atomic E-state index is -3.23. The molecule has 5 rings (SSSR count). The number of para-hydroxylation sites is 1. The summed E-state index contributed by atoms with van der Waals surface area (Å²) in [5.74, 6) is -3.35. The van der Waals surface area contributed by atoms with Gasteiger partial charge in [0.1, 0.15) is 28.5 Å². The first-order chi connectivity index (χ1) is 19.5. The summed E-state index contributed by atoms with van der Waals surface area (Å²) in [6.07, 6.45) is 0. The van der Waals surface area contributed by atoms with Crippen LogP contribution in [-0.2, 0) is 19.1 Å². The largest absolute Gasteiger partial charge is 0.614 e. The Morgan fingerprint density at radius 3 is 1.60 bits per heavy atom. The van der Waals surface area contributed by atoms with Gasteiger partial charge in [-0.15, -0.1) is 0 Å². The normalized spacial score (nSPS) is 14.3. The predicted octanol–water partition coefficient (Wildman–Crippen LogP) is 2.93. The molecule has 0 aromatic heterocycles. The molecule has 1 heterocycles. The molecule has 7 nitrogen and oxygen atoms in total. The van der Waals surface area contributed by atoms with Crippen molar-refractivity contribution >= 4 is 46.5 Å². The predicted molar refractivity (Wildman–Crippen MR) is 153 cm³/mol. The first-order valence-corrected chi connectivity index (χ1v) is 14.3. The Labute approximate surface area is 232 Å². The topological polar surface area (TPSA) is 96.0 Å². The minimum Gasteiger partial charge on any atom is -0.614 e. The molecule has 0 saturated carbocycles. The van der Waals surface area contributed by atoms with Crippen molar-refractivity contribution in [3.05, 3.63) is 132 Å². The van der Waals surface area contributed by atoms with Crippen LogP contribution in [0.2, 0.25) is 0 Å². The molecule has 200 valence electrons. The smallest absolute Gasteiger partial charge is 0.337 e. The number of Topliss-reactive ketones (excluding diaryl/α,β-unsaturated/α-hetero) is 1. The van der Waals surface area contributed by atoms with Crippen LogP contribution in [0.1, 0.15) is 10.4 Å². The molecule has 0 aliphatic carbocycles. The van der Waals surface area contributed by atoms with E-state index in [2.05, 4.69) is 0 Å². The van der Waals surface area contributed by atoms with E-state index in [-0.39, 0.29) is 16.6 Å². The van der Waals surface area contributed by atoms with Crippen LogP contribution < -0.4 is 25.9 Å². The standard InChI is InChI=1S/C32H26NO6P/c1-38-31(36)27(33-26-21-13-12-20-25(26)28(34)30(33)35)29(32(37)39-2)40(22-14-6-3-7-15-22,23-16-8-4-9-17-23)24-18-10-5-11-19-24/h3-21,27H,1-2H3/b32-29-/t27-/m0/s1. The number of benzene rings is 4. The number of ketones is 1. The van der Waals surface area contributed by atoms with Crippen molar-refractivity contribution in [3.8, 4) is 0 Å². The van der Waals surface area contributed by atoms with Gasteiger partial charge in [-0.25, -0.2) is 4.79 Å². The molecular formula is C32H26NO6P. The summed E-state index contributed by atoms with van der Waals surface area (Å²) in [7, 11) is -0.814. The average Bonchev–Trinajstić information content (AvgIpc) is 3.27. The van der Waals surface area contributed by atoms with Crippen LogP contribution in [-0.4, -0.2) is 37.9 Å². The molecule has 0 saturated heterocycles. The third kappa shape index (κ3) is 4.25. The molecule has 4 aromatic carbocycles. The molecule has 4 aromatic rings. The Morgan fingerprint density at radius 2 is 1.15 bits per heavy atom. The summed E-state index contributed by atoms with van der Waals surface area (Å²) in [5.41, 5.74) is 0.371. The zero-order chi connectivity index (χ0) is 28.3. The quantitative estimate of drug-likeness (QED) is 0.145. The number of methoxy groups -OCH3 is 2. The molecule has 1 atom stereocenters. The third-order valence-electron chi connectivity index (χ3n) is 6.95. The lowest BCUT2D eigenvalue weighted by Crippen LogP contribution is -2.50. The Bertz CT molecular complexity index is 1490. The summed E-state index contributed by atoms with van der Waals surface area (Å²) in [6, 6.07) is 33.0. The number of ether oxygens (including phenoxy) is 2. The molecule has 1 aliphatic heterocycles. The Kier molecular flexibility index (Phi) is 7.50. The second-order valence-electron chi connectivity index (χ2n) is 9.00. The van der Waals surface area contributed by atoms with Gasteiger partial charge in [0.25, 0.3) is 5.78 Å². The maximum Gasteiger partial charge on any atom is 0.337 e. The monoisotopic (exact) mass is 551 g/mol. The number of rotatable bonds is 8. The van der Waals surface area contributed by atoms with Crippen LogP contribution in [0.25, 0.3) is 0 Å². The number of hydrogen-bond acceptors (Lipinski definition) is 6. The molecule has 0 spiro atoms. The van der Waals surface area contributed by atoms with Gasteiger partial charge in [-0.2, -0.15) is 0 Å². The Hall–Kier alpha value is -4.74. The van der Waals surface area contributed by atoms with E-state index in [9.17, 15) is 19.5 Å². The van der Waals surface area contributed by atoms with Crippen molar-refractivity contribution < 1.29 is 29.0 Å². The second kappa shape index (κ2) is 11.2. The van der Waals surface area contributed by atoms with Crippen molar-refractivity contribution in [1.82, 2.24) is 0 Å². The first kappa shape index (κ1) is 26.9. The highest BCUT2D eigenvalue weighted by molar-refractivity contribution is 7.99. The van der Waals surface area contributed by atoms with Crippen LogP contribution in [0, 0.1) is 0 Å². The fraction of sp³-hybridized carbons (Fsp3) is 0.0938. The molecule has 0 bridgehead atoms. The van der Waals surface area contributed by atoms with Crippen LogP contribution in [0.4, 0.5) is 5.69 Å². The van der Waals surface area contributed by atoms with E-state index in [0.29, 0.717) is 0 Å². The second-order valence-corrected chi connectivity index (χ2v) is 12.4. The van der Waals surface area contributed by atoms with E-state index in [1.165, 1.54) is 20.3 Å². The van der Waals surface area contributed by atoms with E-state index in [1.807, 2.05) is 91.0 Å². The summed E-state index contributed by atoms with van der Waals surface area (Å²) < 4.78 is 10.6. The van der Waals surface area contributed by atoms with Gasteiger partial charge in [0.15, 0.2) is 6.04 Å². The highest BCUT2D eigenvalue weighted by atomic mass is 31.2. The van der Waals surface area contributed by atoms with Crippen LogP contribution in [0.3, 0.4) is 0 Å². The van der Waals surface area contributed by atoms with Crippen molar-refractivity contribution in [2.75, 3.05) is 19.1 Å². The Balaban J connectivity index is 1.95. The third-order valence-corrected chi connectivity index (χ3v) is 11.3. The Morgan fingerprint density at radius 1 is 0.700 bits per heavy atom. The molecule has 8 heteroatoms.